The Morgan fingerprint density at radius 1 is 1.21 bits per heavy atom. The summed E-state index contributed by atoms with van der Waals surface area (Å²) in [6.07, 6.45) is 1.79. The summed E-state index contributed by atoms with van der Waals surface area (Å²) in [6, 6.07) is 8.97. The van der Waals surface area contributed by atoms with E-state index in [1.807, 2.05) is 19.1 Å². The highest BCUT2D eigenvalue weighted by Crippen LogP contribution is 2.26. The van der Waals surface area contributed by atoms with Gasteiger partial charge in [-0.1, -0.05) is 11.6 Å². The summed E-state index contributed by atoms with van der Waals surface area (Å²) in [6.45, 7) is 6.54. The van der Waals surface area contributed by atoms with Crippen molar-refractivity contribution in [1.29, 1.82) is 0 Å². The molecule has 1 aromatic carbocycles. The van der Waals surface area contributed by atoms with Gasteiger partial charge >= 0.3 is 0 Å². The maximum absolute atomic E-state index is 12.3. The lowest BCUT2D eigenvalue weighted by atomic mass is 10.2. The number of halogens is 1. The van der Waals surface area contributed by atoms with Gasteiger partial charge in [0, 0.05) is 37.4 Å². The van der Waals surface area contributed by atoms with Gasteiger partial charge in [-0.2, -0.15) is 0 Å². The van der Waals surface area contributed by atoms with Gasteiger partial charge in [0.15, 0.2) is 11.6 Å². The number of fused-ring (bicyclic) bond motifs is 1. The molecule has 28 heavy (non-hydrogen) atoms. The SMILES string of the molecule is CCOc1cccnc1N1CCN(Cc2nc3cc(Cl)ccc3c(=O)[nH]2)CC1. The number of aromatic amines is 1. The molecule has 0 radical (unpaired) electrons. The Hall–Kier alpha value is -2.64. The molecule has 1 aliphatic heterocycles. The first-order valence-electron chi connectivity index (χ1n) is 9.37. The molecule has 1 saturated heterocycles. The second-order valence-electron chi connectivity index (χ2n) is 6.70. The van der Waals surface area contributed by atoms with Crippen LogP contribution in [0.25, 0.3) is 10.9 Å². The van der Waals surface area contributed by atoms with Gasteiger partial charge in [-0.15, -0.1) is 0 Å². The first kappa shape index (κ1) is 18.7. The van der Waals surface area contributed by atoms with Crippen LogP contribution in [0.2, 0.25) is 5.02 Å². The van der Waals surface area contributed by atoms with Crippen molar-refractivity contribution in [3.63, 3.8) is 0 Å². The number of nitrogens with one attached hydrogen (secondary N) is 1. The molecule has 1 fully saturated rings. The molecular weight excluding hydrogens is 378 g/mol. The molecule has 8 heteroatoms. The van der Waals surface area contributed by atoms with Crippen LogP contribution in [0.4, 0.5) is 5.82 Å². The topological polar surface area (TPSA) is 74.3 Å². The summed E-state index contributed by atoms with van der Waals surface area (Å²) in [5.41, 5.74) is 0.491. The molecule has 2 aromatic heterocycles. The number of pyridine rings is 1. The number of piperazine rings is 1. The van der Waals surface area contributed by atoms with E-state index in [0.717, 1.165) is 37.7 Å². The molecule has 1 aliphatic rings. The van der Waals surface area contributed by atoms with Crippen LogP contribution in [0.3, 0.4) is 0 Å². The van der Waals surface area contributed by atoms with Crippen molar-refractivity contribution in [1.82, 2.24) is 19.9 Å². The van der Waals surface area contributed by atoms with Gasteiger partial charge in [0.25, 0.3) is 5.56 Å². The Bertz CT molecular complexity index is 1030. The highest BCUT2D eigenvalue weighted by Gasteiger charge is 2.21. The molecule has 0 saturated carbocycles. The molecule has 0 bridgehead atoms. The van der Waals surface area contributed by atoms with E-state index in [1.54, 1.807) is 24.4 Å². The van der Waals surface area contributed by atoms with Gasteiger partial charge in [0.2, 0.25) is 0 Å². The second-order valence-corrected chi connectivity index (χ2v) is 7.13. The van der Waals surface area contributed by atoms with Crippen molar-refractivity contribution in [2.24, 2.45) is 0 Å². The molecule has 4 rings (SSSR count). The second kappa shape index (κ2) is 8.16. The van der Waals surface area contributed by atoms with Crippen molar-refractivity contribution in [3.05, 3.63) is 57.7 Å². The first-order valence-corrected chi connectivity index (χ1v) is 9.75. The molecule has 0 spiro atoms. The fraction of sp³-hybridized carbons (Fsp3) is 0.350. The maximum Gasteiger partial charge on any atom is 0.258 e. The fourth-order valence-electron chi connectivity index (χ4n) is 3.45. The minimum Gasteiger partial charge on any atom is -0.490 e. The maximum atomic E-state index is 12.3. The Morgan fingerprint density at radius 3 is 2.82 bits per heavy atom. The Labute approximate surface area is 167 Å². The molecule has 0 amide bonds. The Kier molecular flexibility index (Phi) is 5.45. The summed E-state index contributed by atoms with van der Waals surface area (Å²) >= 11 is 6.04. The summed E-state index contributed by atoms with van der Waals surface area (Å²) in [5.74, 6) is 2.35. The first-order chi connectivity index (χ1) is 13.6. The summed E-state index contributed by atoms with van der Waals surface area (Å²) < 4.78 is 5.70. The van der Waals surface area contributed by atoms with Gasteiger partial charge in [-0.05, 0) is 37.3 Å². The fourth-order valence-corrected chi connectivity index (χ4v) is 3.62. The van der Waals surface area contributed by atoms with E-state index in [4.69, 9.17) is 16.3 Å². The van der Waals surface area contributed by atoms with E-state index in [-0.39, 0.29) is 5.56 Å². The predicted molar refractivity (Wildman–Crippen MR) is 110 cm³/mol. The minimum atomic E-state index is -0.134. The third kappa shape index (κ3) is 3.95. The molecule has 146 valence electrons. The smallest absolute Gasteiger partial charge is 0.258 e. The lowest BCUT2D eigenvalue weighted by Gasteiger charge is -2.35. The molecule has 0 unspecified atom stereocenters. The van der Waals surface area contributed by atoms with Crippen LogP contribution >= 0.6 is 11.6 Å². The van der Waals surface area contributed by atoms with Gasteiger partial charge in [0.1, 0.15) is 5.82 Å². The van der Waals surface area contributed by atoms with E-state index >= 15 is 0 Å². The van der Waals surface area contributed by atoms with E-state index in [1.165, 1.54) is 0 Å². The van der Waals surface area contributed by atoms with Crippen LogP contribution in [0, 0.1) is 0 Å². The van der Waals surface area contributed by atoms with Crippen LogP contribution in [0.5, 0.6) is 5.75 Å². The normalized spacial score (nSPS) is 15.1. The van der Waals surface area contributed by atoms with Crippen LogP contribution in [-0.2, 0) is 6.54 Å². The van der Waals surface area contributed by atoms with Gasteiger partial charge < -0.3 is 14.6 Å². The lowest BCUT2D eigenvalue weighted by molar-refractivity contribution is 0.242. The number of benzene rings is 1. The molecule has 3 aromatic rings. The average Bonchev–Trinajstić information content (AvgIpc) is 2.69. The molecular formula is C20H22ClN5O2. The summed E-state index contributed by atoms with van der Waals surface area (Å²) in [7, 11) is 0. The zero-order chi connectivity index (χ0) is 19.5. The zero-order valence-corrected chi connectivity index (χ0v) is 16.4. The standard InChI is InChI=1S/C20H22ClN5O2/c1-2-28-17-4-3-7-22-19(17)26-10-8-25(9-11-26)13-18-23-16-12-14(21)5-6-15(16)20(27)24-18/h3-7,12H,2,8-11,13H2,1H3,(H,23,24,27). The number of nitrogens with zero attached hydrogens (tertiary/aromatic N) is 4. The van der Waals surface area contributed by atoms with Crippen molar-refractivity contribution < 1.29 is 4.74 Å². The monoisotopic (exact) mass is 399 g/mol. The van der Waals surface area contributed by atoms with Crippen LogP contribution < -0.4 is 15.2 Å². The number of H-pyrrole nitrogens is 1. The van der Waals surface area contributed by atoms with Crippen molar-refractivity contribution >= 4 is 28.3 Å². The Morgan fingerprint density at radius 2 is 2.04 bits per heavy atom. The quantitative estimate of drug-likeness (QED) is 0.711. The minimum absolute atomic E-state index is 0.134. The number of rotatable bonds is 5. The number of aromatic nitrogens is 3. The molecule has 1 N–H and O–H groups in total. The van der Waals surface area contributed by atoms with E-state index in [0.29, 0.717) is 34.9 Å². The van der Waals surface area contributed by atoms with Crippen LogP contribution in [0.15, 0.2) is 41.3 Å². The highest BCUT2D eigenvalue weighted by molar-refractivity contribution is 6.31. The average molecular weight is 400 g/mol. The van der Waals surface area contributed by atoms with Crippen LogP contribution in [-0.4, -0.2) is 52.6 Å². The number of ether oxygens (including phenoxy) is 1. The predicted octanol–water partition coefficient (Wildman–Crippen LogP) is 2.69. The van der Waals surface area contributed by atoms with Gasteiger partial charge in [-0.25, -0.2) is 9.97 Å². The zero-order valence-electron chi connectivity index (χ0n) is 15.7. The van der Waals surface area contributed by atoms with Crippen molar-refractivity contribution in [2.45, 2.75) is 13.5 Å². The van der Waals surface area contributed by atoms with Gasteiger partial charge in [-0.3, -0.25) is 9.69 Å². The number of hydrogen-bond donors (Lipinski definition) is 1. The molecule has 3 heterocycles. The third-order valence-electron chi connectivity index (χ3n) is 4.81. The van der Waals surface area contributed by atoms with E-state index in [9.17, 15) is 4.79 Å². The summed E-state index contributed by atoms with van der Waals surface area (Å²) in [4.78, 5) is 28.8. The van der Waals surface area contributed by atoms with E-state index in [2.05, 4.69) is 24.8 Å². The largest absolute Gasteiger partial charge is 0.490 e. The van der Waals surface area contributed by atoms with Crippen LogP contribution in [0.1, 0.15) is 12.7 Å². The third-order valence-corrected chi connectivity index (χ3v) is 5.05. The molecule has 0 atom stereocenters. The van der Waals surface area contributed by atoms with Crippen molar-refractivity contribution in [3.8, 4) is 5.75 Å². The molecule has 0 aliphatic carbocycles. The number of hydrogen-bond acceptors (Lipinski definition) is 6. The summed E-state index contributed by atoms with van der Waals surface area (Å²) in [5, 5.41) is 1.13. The van der Waals surface area contributed by atoms with Crippen molar-refractivity contribution in [2.75, 3.05) is 37.7 Å². The van der Waals surface area contributed by atoms with Gasteiger partial charge in [0.05, 0.1) is 24.1 Å². The van der Waals surface area contributed by atoms with E-state index < -0.39 is 0 Å². The lowest BCUT2D eigenvalue weighted by Crippen LogP contribution is -2.46. The molecule has 7 nitrogen and oxygen atoms in total. The highest BCUT2D eigenvalue weighted by atomic mass is 35.5. The number of anilines is 1. The Balaban J connectivity index is 1.45.